The van der Waals surface area contributed by atoms with Gasteiger partial charge in [-0.05, 0) is 31.2 Å². The normalized spacial score (nSPS) is 11.8. The molecule has 1 aromatic carbocycles. The Balaban J connectivity index is 2.99. The first-order valence-electron chi connectivity index (χ1n) is 6.45. The van der Waals surface area contributed by atoms with Gasteiger partial charge in [-0.15, -0.1) is 13.2 Å². The van der Waals surface area contributed by atoms with E-state index in [1.165, 1.54) is 0 Å². The van der Waals surface area contributed by atoms with Crippen LogP contribution in [0.2, 0.25) is 0 Å². The van der Waals surface area contributed by atoms with Crippen LogP contribution in [0.25, 0.3) is 0 Å². The molecule has 0 saturated carbocycles. The second-order valence-electron chi connectivity index (χ2n) is 4.50. The Morgan fingerprint density at radius 1 is 1.29 bits per heavy atom. The first-order valence-corrected chi connectivity index (χ1v) is 8.34. The second kappa shape index (κ2) is 7.64. The van der Waals surface area contributed by atoms with E-state index in [-0.39, 0.29) is 0 Å². The van der Waals surface area contributed by atoms with Crippen molar-refractivity contribution in [2.45, 2.75) is 6.92 Å². The zero-order valence-electron chi connectivity index (χ0n) is 12.4. The molecule has 0 aliphatic rings. The van der Waals surface area contributed by atoms with Crippen molar-refractivity contribution in [1.82, 2.24) is 0 Å². The molecule has 0 unspecified atom stereocenters. The van der Waals surface area contributed by atoms with Crippen molar-refractivity contribution in [2.75, 3.05) is 29.0 Å². The maximum atomic E-state index is 11.2. The fourth-order valence-electron chi connectivity index (χ4n) is 1.76. The molecular formula is C15H21N3O2S. The number of benzene rings is 1. The number of amidine groups is 1. The summed E-state index contributed by atoms with van der Waals surface area (Å²) in [6, 6.07) is 7.11. The molecule has 0 aliphatic heterocycles. The highest BCUT2D eigenvalue weighted by Crippen LogP contribution is 2.19. The minimum absolute atomic E-state index is 0.528. The van der Waals surface area contributed by atoms with Crippen molar-refractivity contribution in [3.8, 4) is 0 Å². The highest BCUT2D eigenvalue weighted by molar-refractivity contribution is 7.92. The van der Waals surface area contributed by atoms with Gasteiger partial charge in [0.25, 0.3) is 0 Å². The number of anilines is 2. The third-order valence-corrected chi connectivity index (χ3v) is 3.24. The topological polar surface area (TPSA) is 61.8 Å². The average Bonchev–Trinajstić information content (AvgIpc) is 2.41. The van der Waals surface area contributed by atoms with E-state index < -0.39 is 10.0 Å². The Kier molecular flexibility index (Phi) is 6.17. The summed E-state index contributed by atoms with van der Waals surface area (Å²) in [6.45, 7) is 10.5. The lowest BCUT2D eigenvalue weighted by atomic mass is 10.2. The number of hydrogen-bond donors (Lipinski definition) is 1. The van der Waals surface area contributed by atoms with E-state index >= 15 is 0 Å². The molecule has 0 saturated heterocycles. The average molecular weight is 307 g/mol. The Bertz CT molecular complexity index is 619. The number of sulfonamides is 1. The van der Waals surface area contributed by atoms with Crippen LogP contribution in [0.5, 0.6) is 0 Å². The van der Waals surface area contributed by atoms with E-state index in [2.05, 4.69) is 22.9 Å². The molecule has 1 rings (SSSR count). The number of rotatable bonds is 7. The Morgan fingerprint density at radius 2 is 1.90 bits per heavy atom. The fraction of sp³-hybridized carbons (Fsp3) is 0.267. The fourth-order valence-corrected chi connectivity index (χ4v) is 2.32. The summed E-state index contributed by atoms with van der Waals surface area (Å²) < 4.78 is 24.8. The van der Waals surface area contributed by atoms with Gasteiger partial charge in [0.1, 0.15) is 5.84 Å². The van der Waals surface area contributed by atoms with Crippen LogP contribution < -0.4 is 9.62 Å². The molecular weight excluding hydrogens is 286 g/mol. The maximum Gasteiger partial charge on any atom is 0.229 e. The standard InChI is InChI=1S/C15H21N3O2S/c1-5-11-16-13(3)18(12-6-2)15-9-7-14(8-10-15)17-21(4,19)20/h5-10,17H,1-2,11-12H2,3-4H3. The van der Waals surface area contributed by atoms with Crippen LogP contribution in [0.3, 0.4) is 0 Å². The van der Waals surface area contributed by atoms with Crippen molar-refractivity contribution in [3.05, 3.63) is 49.6 Å². The van der Waals surface area contributed by atoms with Crippen LogP contribution in [0, 0.1) is 0 Å². The van der Waals surface area contributed by atoms with Gasteiger partial charge in [-0.25, -0.2) is 8.42 Å². The molecule has 0 aliphatic carbocycles. The number of nitrogens with one attached hydrogen (secondary N) is 1. The summed E-state index contributed by atoms with van der Waals surface area (Å²) in [4.78, 5) is 6.37. The van der Waals surface area contributed by atoms with E-state index in [9.17, 15) is 8.42 Å². The Labute approximate surface area is 126 Å². The van der Waals surface area contributed by atoms with Crippen LogP contribution in [0.15, 0.2) is 54.6 Å². The predicted octanol–water partition coefficient (Wildman–Crippen LogP) is 2.65. The molecule has 0 aromatic heterocycles. The molecule has 1 aromatic rings. The lowest BCUT2D eigenvalue weighted by Gasteiger charge is -2.23. The van der Waals surface area contributed by atoms with Crippen LogP contribution in [0.1, 0.15) is 6.92 Å². The number of hydrogen-bond acceptors (Lipinski definition) is 3. The molecule has 0 atom stereocenters. The summed E-state index contributed by atoms with van der Waals surface area (Å²) >= 11 is 0. The molecule has 114 valence electrons. The van der Waals surface area contributed by atoms with Gasteiger partial charge in [0.05, 0.1) is 12.8 Å². The van der Waals surface area contributed by atoms with Crippen LogP contribution in [-0.2, 0) is 10.0 Å². The largest absolute Gasteiger partial charge is 0.327 e. The molecule has 5 nitrogen and oxygen atoms in total. The molecule has 0 radical (unpaired) electrons. The van der Waals surface area contributed by atoms with Gasteiger partial charge in [0, 0.05) is 17.9 Å². The summed E-state index contributed by atoms with van der Waals surface area (Å²) in [5, 5.41) is 0. The second-order valence-corrected chi connectivity index (χ2v) is 6.25. The van der Waals surface area contributed by atoms with Crippen LogP contribution in [-0.4, -0.2) is 33.6 Å². The van der Waals surface area contributed by atoms with E-state index in [1.807, 2.05) is 24.0 Å². The quantitative estimate of drug-likeness (QED) is 0.478. The van der Waals surface area contributed by atoms with Gasteiger partial charge >= 0.3 is 0 Å². The Morgan fingerprint density at radius 3 is 2.38 bits per heavy atom. The summed E-state index contributed by atoms with van der Waals surface area (Å²) in [7, 11) is -3.26. The van der Waals surface area contributed by atoms with Gasteiger partial charge in [-0.1, -0.05) is 12.2 Å². The third kappa shape index (κ3) is 5.83. The summed E-state index contributed by atoms with van der Waals surface area (Å²) in [5.41, 5.74) is 1.44. The lowest BCUT2D eigenvalue weighted by Crippen LogP contribution is -2.29. The van der Waals surface area contributed by atoms with Crippen molar-refractivity contribution in [3.63, 3.8) is 0 Å². The number of nitrogens with zero attached hydrogens (tertiary/aromatic N) is 2. The molecule has 0 heterocycles. The third-order valence-electron chi connectivity index (χ3n) is 2.63. The number of aliphatic imine (C=N–C) groups is 1. The molecule has 6 heteroatoms. The van der Waals surface area contributed by atoms with Gasteiger partial charge < -0.3 is 4.90 Å². The maximum absolute atomic E-state index is 11.2. The molecule has 0 amide bonds. The highest BCUT2D eigenvalue weighted by Gasteiger charge is 2.08. The molecule has 21 heavy (non-hydrogen) atoms. The summed E-state index contributed by atoms with van der Waals surface area (Å²) in [6.07, 6.45) is 4.64. The minimum atomic E-state index is -3.26. The molecule has 0 spiro atoms. The Hall–Kier alpha value is -2.08. The zero-order chi connectivity index (χ0) is 15.9. The summed E-state index contributed by atoms with van der Waals surface area (Å²) in [5.74, 6) is 0.846. The molecule has 0 bridgehead atoms. The van der Waals surface area contributed by atoms with E-state index in [1.54, 1.807) is 24.3 Å². The van der Waals surface area contributed by atoms with Crippen molar-refractivity contribution < 1.29 is 8.42 Å². The van der Waals surface area contributed by atoms with Crippen molar-refractivity contribution in [2.24, 2.45) is 4.99 Å². The van der Waals surface area contributed by atoms with E-state index in [0.717, 1.165) is 17.8 Å². The van der Waals surface area contributed by atoms with Crippen molar-refractivity contribution >= 4 is 27.2 Å². The van der Waals surface area contributed by atoms with E-state index in [4.69, 9.17) is 0 Å². The van der Waals surface area contributed by atoms with Crippen molar-refractivity contribution in [1.29, 1.82) is 0 Å². The highest BCUT2D eigenvalue weighted by atomic mass is 32.2. The van der Waals surface area contributed by atoms with Crippen LogP contribution in [0.4, 0.5) is 11.4 Å². The monoisotopic (exact) mass is 307 g/mol. The first kappa shape index (κ1) is 17.0. The van der Waals surface area contributed by atoms with Gasteiger partial charge in [-0.2, -0.15) is 0 Å². The van der Waals surface area contributed by atoms with Gasteiger partial charge in [0.15, 0.2) is 0 Å². The SMILES string of the molecule is C=CCN=C(C)N(CC=C)c1ccc(NS(C)(=O)=O)cc1. The van der Waals surface area contributed by atoms with Gasteiger partial charge in [0.2, 0.25) is 10.0 Å². The van der Waals surface area contributed by atoms with E-state index in [0.29, 0.717) is 18.8 Å². The molecule has 0 fully saturated rings. The minimum Gasteiger partial charge on any atom is -0.327 e. The zero-order valence-corrected chi connectivity index (χ0v) is 13.2. The lowest BCUT2D eigenvalue weighted by molar-refractivity contribution is 0.607. The smallest absolute Gasteiger partial charge is 0.229 e. The predicted molar refractivity (Wildman–Crippen MR) is 90.6 cm³/mol. The first-order chi connectivity index (χ1) is 9.87. The molecule has 1 N–H and O–H groups in total. The van der Waals surface area contributed by atoms with Crippen LogP contribution >= 0.6 is 0 Å². The van der Waals surface area contributed by atoms with Gasteiger partial charge in [-0.3, -0.25) is 9.71 Å².